The number of carbonyl (C=O) groups is 1. The zero-order valence-electron chi connectivity index (χ0n) is 24.5. The fourth-order valence-corrected chi connectivity index (χ4v) is 5.71. The summed E-state index contributed by atoms with van der Waals surface area (Å²) in [5.41, 5.74) is 6.16. The standard InChI is InChI=1S/C35H35N3O5/c1-40-25-17-31(41-2)28(32(18-25)42-3)20-36-35(39)30-19-27-26-11-7-8-12-29(26)37-34(27)33(38-30)23-13-15-24(16-14-23)43-21-22-9-5-4-6-10-22/h4-18,30,33,37-38H,19-21H2,1-3H3,(H,36,39)/t30-,33+/m1/s1. The van der Waals surface area contributed by atoms with Gasteiger partial charge in [0, 0.05) is 28.7 Å². The smallest absolute Gasteiger partial charge is 0.237 e. The molecule has 0 unspecified atom stereocenters. The van der Waals surface area contributed by atoms with Gasteiger partial charge in [-0.25, -0.2) is 0 Å². The maximum Gasteiger partial charge on any atom is 0.237 e. The van der Waals surface area contributed by atoms with E-state index in [4.69, 9.17) is 18.9 Å². The monoisotopic (exact) mass is 577 g/mol. The molecule has 1 aromatic heterocycles. The second-order valence-corrected chi connectivity index (χ2v) is 10.5. The molecule has 4 aromatic carbocycles. The minimum absolute atomic E-state index is 0.108. The Hall–Kier alpha value is -4.95. The number of H-pyrrole nitrogens is 1. The molecule has 5 aromatic rings. The highest BCUT2D eigenvalue weighted by Gasteiger charge is 2.34. The summed E-state index contributed by atoms with van der Waals surface area (Å²) < 4.78 is 22.5. The molecule has 3 N–H and O–H groups in total. The summed E-state index contributed by atoms with van der Waals surface area (Å²) in [5, 5.41) is 7.84. The molecule has 8 nitrogen and oxygen atoms in total. The zero-order valence-corrected chi connectivity index (χ0v) is 24.5. The first-order valence-corrected chi connectivity index (χ1v) is 14.3. The van der Waals surface area contributed by atoms with E-state index in [1.54, 1.807) is 33.5 Å². The number of aromatic amines is 1. The molecule has 1 aliphatic heterocycles. The van der Waals surface area contributed by atoms with Gasteiger partial charge in [-0.3, -0.25) is 10.1 Å². The third-order valence-corrected chi connectivity index (χ3v) is 7.95. The van der Waals surface area contributed by atoms with E-state index in [0.717, 1.165) is 44.6 Å². The number of rotatable bonds is 10. The van der Waals surface area contributed by atoms with Crippen molar-refractivity contribution in [3.63, 3.8) is 0 Å². The maximum absolute atomic E-state index is 13.7. The number of ether oxygens (including phenoxy) is 4. The molecule has 0 fully saturated rings. The molecule has 6 rings (SSSR count). The van der Waals surface area contributed by atoms with Crippen molar-refractivity contribution in [2.24, 2.45) is 0 Å². The number of amides is 1. The molecule has 0 bridgehead atoms. The van der Waals surface area contributed by atoms with Crippen LogP contribution in [0.1, 0.15) is 34.0 Å². The first-order chi connectivity index (χ1) is 21.1. The molecule has 0 saturated heterocycles. The molecule has 8 heteroatoms. The van der Waals surface area contributed by atoms with Crippen molar-refractivity contribution in [3.05, 3.63) is 119 Å². The first kappa shape index (κ1) is 28.2. The lowest BCUT2D eigenvalue weighted by atomic mass is 9.90. The highest BCUT2D eigenvalue weighted by atomic mass is 16.5. The number of hydrogen-bond donors (Lipinski definition) is 3. The largest absolute Gasteiger partial charge is 0.496 e. The third-order valence-electron chi connectivity index (χ3n) is 7.95. The Morgan fingerprint density at radius 1 is 0.837 bits per heavy atom. The predicted molar refractivity (Wildman–Crippen MR) is 166 cm³/mol. The number of para-hydroxylation sites is 1. The molecule has 2 atom stereocenters. The van der Waals surface area contributed by atoms with E-state index >= 15 is 0 Å². The SMILES string of the molecule is COc1cc(OC)c(CNC(=O)[C@H]2Cc3c([nH]c4ccccc34)[C@H](c3ccc(OCc4ccccc4)cc3)N2)c(OC)c1. The summed E-state index contributed by atoms with van der Waals surface area (Å²) in [6, 6.07) is 29.3. The summed E-state index contributed by atoms with van der Waals surface area (Å²) >= 11 is 0. The lowest BCUT2D eigenvalue weighted by Gasteiger charge is -2.31. The van der Waals surface area contributed by atoms with Crippen LogP contribution in [0.4, 0.5) is 0 Å². The highest BCUT2D eigenvalue weighted by Crippen LogP contribution is 2.37. The topological polar surface area (TPSA) is 93.8 Å². The Labute approximate surface area is 250 Å². The Balaban J connectivity index is 1.24. The van der Waals surface area contributed by atoms with Gasteiger partial charge in [-0.1, -0.05) is 60.7 Å². The lowest BCUT2D eigenvalue weighted by Crippen LogP contribution is -2.49. The second-order valence-electron chi connectivity index (χ2n) is 10.5. The van der Waals surface area contributed by atoms with Gasteiger partial charge in [-0.05, 0) is 41.3 Å². The summed E-state index contributed by atoms with van der Waals surface area (Å²) in [5.74, 6) is 2.46. The van der Waals surface area contributed by atoms with E-state index in [1.165, 1.54) is 0 Å². The van der Waals surface area contributed by atoms with Gasteiger partial charge in [0.05, 0.1) is 45.5 Å². The first-order valence-electron chi connectivity index (χ1n) is 14.3. The molecule has 0 saturated carbocycles. The van der Waals surface area contributed by atoms with Crippen molar-refractivity contribution >= 4 is 16.8 Å². The van der Waals surface area contributed by atoms with Gasteiger partial charge in [0.1, 0.15) is 29.6 Å². The van der Waals surface area contributed by atoms with Crippen LogP contribution in [0.5, 0.6) is 23.0 Å². The van der Waals surface area contributed by atoms with Gasteiger partial charge in [-0.15, -0.1) is 0 Å². The highest BCUT2D eigenvalue weighted by molar-refractivity contribution is 5.88. The van der Waals surface area contributed by atoms with Crippen LogP contribution in [0.15, 0.2) is 91.0 Å². The average Bonchev–Trinajstić information content (AvgIpc) is 3.45. The molecule has 2 heterocycles. The quantitative estimate of drug-likeness (QED) is 0.197. The summed E-state index contributed by atoms with van der Waals surface area (Å²) in [4.78, 5) is 17.3. The molecule has 1 aliphatic rings. The lowest BCUT2D eigenvalue weighted by molar-refractivity contribution is -0.123. The molecular formula is C35H35N3O5. The molecule has 43 heavy (non-hydrogen) atoms. The van der Waals surface area contributed by atoms with E-state index in [1.807, 2.05) is 54.6 Å². The van der Waals surface area contributed by atoms with E-state index in [-0.39, 0.29) is 18.5 Å². The van der Waals surface area contributed by atoms with Crippen LogP contribution in [-0.2, 0) is 24.4 Å². The average molecular weight is 578 g/mol. The molecular weight excluding hydrogens is 542 g/mol. The Morgan fingerprint density at radius 3 is 2.23 bits per heavy atom. The van der Waals surface area contributed by atoms with Crippen molar-refractivity contribution < 1.29 is 23.7 Å². The minimum Gasteiger partial charge on any atom is -0.496 e. The maximum atomic E-state index is 13.7. The number of hydrogen-bond acceptors (Lipinski definition) is 6. The number of nitrogens with one attached hydrogen (secondary N) is 3. The summed E-state index contributed by atoms with van der Waals surface area (Å²) in [6.45, 7) is 0.742. The molecule has 0 spiro atoms. The van der Waals surface area contributed by atoms with Crippen molar-refractivity contribution in [2.45, 2.75) is 31.7 Å². The van der Waals surface area contributed by atoms with Crippen LogP contribution in [0, 0.1) is 0 Å². The van der Waals surface area contributed by atoms with Crippen molar-refractivity contribution in [3.8, 4) is 23.0 Å². The van der Waals surface area contributed by atoms with Crippen molar-refractivity contribution in [2.75, 3.05) is 21.3 Å². The molecule has 0 radical (unpaired) electrons. The fraction of sp³-hybridized carbons (Fsp3) is 0.229. The Bertz CT molecular complexity index is 1690. The van der Waals surface area contributed by atoms with E-state index in [0.29, 0.717) is 30.3 Å². The van der Waals surface area contributed by atoms with Gasteiger partial charge in [0.15, 0.2) is 0 Å². The second kappa shape index (κ2) is 12.5. The van der Waals surface area contributed by atoms with Crippen LogP contribution in [0.2, 0.25) is 0 Å². The van der Waals surface area contributed by atoms with Gasteiger partial charge < -0.3 is 29.2 Å². The number of fused-ring (bicyclic) bond motifs is 3. The van der Waals surface area contributed by atoms with E-state index < -0.39 is 6.04 Å². The van der Waals surface area contributed by atoms with Gasteiger partial charge in [-0.2, -0.15) is 0 Å². The van der Waals surface area contributed by atoms with Crippen LogP contribution >= 0.6 is 0 Å². The van der Waals surface area contributed by atoms with E-state index in [2.05, 4.69) is 39.9 Å². The molecule has 1 amide bonds. The minimum atomic E-state index is -0.457. The number of methoxy groups -OCH3 is 3. The van der Waals surface area contributed by atoms with Crippen LogP contribution in [-0.4, -0.2) is 38.3 Å². The number of carbonyl (C=O) groups excluding carboxylic acids is 1. The van der Waals surface area contributed by atoms with Gasteiger partial charge in [0.2, 0.25) is 5.91 Å². The Morgan fingerprint density at radius 2 is 1.53 bits per heavy atom. The molecule has 220 valence electrons. The van der Waals surface area contributed by atoms with E-state index in [9.17, 15) is 4.79 Å². The summed E-state index contributed by atoms with van der Waals surface area (Å²) in [7, 11) is 4.76. The normalized spacial score (nSPS) is 15.9. The molecule has 0 aliphatic carbocycles. The van der Waals surface area contributed by atoms with Gasteiger partial charge >= 0.3 is 0 Å². The zero-order chi connectivity index (χ0) is 29.8. The van der Waals surface area contributed by atoms with Crippen LogP contribution in [0.3, 0.4) is 0 Å². The number of benzene rings is 4. The predicted octanol–water partition coefficient (Wildman–Crippen LogP) is 5.69. The third kappa shape index (κ3) is 5.87. The summed E-state index contributed by atoms with van der Waals surface area (Å²) in [6.07, 6.45) is 0.552. The fourth-order valence-electron chi connectivity index (χ4n) is 5.71. The van der Waals surface area contributed by atoms with Gasteiger partial charge in [0.25, 0.3) is 0 Å². The van der Waals surface area contributed by atoms with Crippen LogP contribution < -0.4 is 29.6 Å². The number of aromatic nitrogens is 1. The van der Waals surface area contributed by atoms with Crippen molar-refractivity contribution in [1.29, 1.82) is 0 Å². The van der Waals surface area contributed by atoms with Crippen molar-refractivity contribution in [1.82, 2.24) is 15.6 Å². The Kier molecular flexibility index (Phi) is 8.20. The van der Waals surface area contributed by atoms with Crippen LogP contribution in [0.25, 0.3) is 10.9 Å².